The SMILES string of the molecule is CC1CN(c2ccc(NC(=O)CN(C)Cc3ccccc3Cl)cc2)CC(C)O1. The summed E-state index contributed by atoms with van der Waals surface area (Å²) in [5.74, 6) is -0.0454. The lowest BCUT2D eigenvalue weighted by Crippen LogP contribution is -2.45. The van der Waals surface area contributed by atoms with Crippen LogP contribution < -0.4 is 10.2 Å². The molecule has 0 aromatic heterocycles. The van der Waals surface area contributed by atoms with Crippen LogP contribution in [0, 0.1) is 0 Å². The van der Waals surface area contributed by atoms with Gasteiger partial charge in [-0.15, -0.1) is 0 Å². The third kappa shape index (κ3) is 5.71. The normalized spacial score (nSPS) is 19.7. The molecule has 2 atom stereocenters. The van der Waals surface area contributed by atoms with Crippen LogP contribution in [0.15, 0.2) is 48.5 Å². The van der Waals surface area contributed by atoms with Gasteiger partial charge in [0.15, 0.2) is 0 Å². The van der Waals surface area contributed by atoms with Crippen LogP contribution in [0.3, 0.4) is 0 Å². The molecular formula is C22H28ClN3O2. The first-order valence-electron chi connectivity index (χ1n) is 9.63. The molecule has 0 saturated carbocycles. The van der Waals surface area contributed by atoms with Crippen LogP contribution in [0.25, 0.3) is 0 Å². The summed E-state index contributed by atoms with van der Waals surface area (Å²) < 4.78 is 5.79. The molecule has 150 valence electrons. The van der Waals surface area contributed by atoms with Gasteiger partial charge < -0.3 is 15.0 Å². The molecule has 6 heteroatoms. The lowest BCUT2D eigenvalue weighted by Gasteiger charge is -2.36. The Bertz CT molecular complexity index is 787. The summed E-state index contributed by atoms with van der Waals surface area (Å²) in [6.07, 6.45) is 0.438. The zero-order valence-corrected chi connectivity index (χ0v) is 17.4. The van der Waals surface area contributed by atoms with E-state index in [1.54, 1.807) is 0 Å². The lowest BCUT2D eigenvalue weighted by atomic mass is 10.2. The number of nitrogens with zero attached hydrogens (tertiary/aromatic N) is 2. The summed E-state index contributed by atoms with van der Waals surface area (Å²) in [5.41, 5.74) is 2.96. The molecule has 0 radical (unpaired) electrons. The fourth-order valence-electron chi connectivity index (χ4n) is 3.56. The molecule has 5 nitrogen and oxygen atoms in total. The first kappa shape index (κ1) is 20.6. The van der Waals surface area contributed by atoms with E-state index in [0.29, 0.717) is 13.1 Å². The number of hydrogen-bond acceptors (Lipinski definition) is 4. The molecule has 2 unspecified atom stereocenters. The number of hydrogen-bond donors (Lipinski definition) is 1. The smallest absolute Gasteiger partial charge is 0.238 e. The van der Waals surface area contributed by atoms with Gasteiger partial charge in [0.25, 0.3) is 0 Å². The molecule has 1 aliphatic heterocycles. The van der Waals surface area contributed by atoms with Crippen LogP contribution >= 0.6 is 11.6 Å². The topological polar surface area (TPSA) is 44.8 Å². The van der Waals surface area contributed by atoms with E-state index >= 15 is 0 Å². The predicted octanol–water partition coefficient (Wildman–Crippen LogP) is 4.02. The third-order valence-electron chi connectivity index (χ3n) is 4.75. The van der Waals surface area contributed by atoms with Crippen LogP contribution in [-0.2, 0) is 16.1 Å². The van der Waals surface area contributed by atoms with Gasteiger partial charge in [-0.05, 0) is 56.8 Å². The first-order valence-corrected chi connectivity index (χ1v) is 10.0. The number of benzene rings is 2. The molecule has 2 aromatic carbocycles. The minimum absolute atomic E-state index is 0.0454. The summed E-state index contributed by atoms with van der Waals surface area (Å²) >= 11 is 6.19. The molecule has 1 aliphatic rings. The molecule has 3 rings (SSSR count). The maximum absolute atomic E-state index is 12.4. The van der Waals surface area contributed by atoms with Gasteiger partial charge in [0.2, 0.25) is 5.91 Å². The Morgan fingerprint density at radius 2 is 1.79 bits per heavy atom. The highest BCUT2D eigenvalue weighted by Gasteiger charge is 2.22. The van der Waals surface area contributed by atoms with Crippen molar-refractivity contribution in [3.63, 3.8) is 0 Å². The molecule has 0 aliphatic carbocycles. The Hall–Kier alpha value is -2.08. The Morgan fingerprint density at radius 3 is 2.43 bits per heavy atom. The fourth-order valence-corrected chi connectivity index (χ4v) is 3.76. The molecular weight excluding hydrogens is 374 g/mol. The molecule has 0 spiro atoms. The third-order valence-corrected chi connectivity index (χ3v) is 5.12. The van der Waals surface area contributed by atoms with Gasteiger partial charge in [0, 0.05) is 36.0 Å². The van der Waals surface area contributed by atoms with Gasteiger partial charge in [-0.25, -0.2) is 0 Å². The molecule has 1 amide bonds. The van der Waals surface area contributed by atoms with Gasteiger partial charge >= 0.3 is 0 Å². The summed E-state index contributed by atoms with van der Waals surface area (Å²) in [4.78, 5) is 16.6. The van der Waals surface area contributed by atoms with E-state index in [0.717, 1.165) is 35.1 Å². The van der Waals surface area contributed by atoms with Crippen LogP contribution in [0.4, 0.5) is 11.4 Å². The van der Waals surface area contributed by atoms with E-state index in [-0.39, 0.29) is 18.1 Å². The predicted molar refractivity (Wildman–Crippen MR) is 115 cm³/mol. The molecule has 2 aromatic rings. The summed E-state index contributed by atoms with van der Waals surface area (Å²) in [7, 11) is 1.91. The van der Waals surface area contributed by atoms with Gasteiger partial charge in [-0.2, -0.15) is 0 Å². The van der Waals surface area contributed by atoms with Gasteiger partial charge in [0.05, 0.1) is 18.8 Å². The first-order chi connectivity index (χ1) is 13.4. The van der Waals surface area contributed by atoms with Gasteiger partial charge in [0.1, 0.15) is 0 Å². The minimum atomic E-state index is -0.0454. The van der Waals surface area contributed by atoms with Crippen molar-refractivity contribution in [3.8, 4) is 0 Å². The molecule has 0 bridgehead atoms. The Kier molecular flexibility index (Phi) is 6.94. The average molecular weight is 402 g/mol. The van der Waals surface area contributed by atoms with E-state index in [1.807, 2.05) is 60.5 Å². The Labute approximate surface area is 172 Å². The maximum atomic E-state index is 12.4. The van der Waals surface area contributed by atoms with E-state index in [9.17, 15) is 4.79 Å². The highest BCUT2D eigenvalue weighted by molar-refractivity contribution is 6.31. The largest absolute Gasteiger partial charge is 0.372 e. The summed E-state index contributed by atoms with van der Waals surface area (Å²) in [5, 5.41) is 3.68. The monoisotopic (exact) mass is 401 g/mol. The van der Waals surface area contributed by atoms with Crippen LogP contribution in [0.1, 0.15) is 19.4 Å². The second-order valence-electron chi connectivity index (χ2n) is 7.52. The van der Waals surface area contributed by atoms with E-state index in [4.69, 9.17) is 16.3 Å². The Balaban J connectivity index is 1.52. The Morgan fingerprint density at radius 1 is 1.14 bits per heavy atom. The van der Waals surface area contributed by atoms with Crippen LogP contribution in [-0.4, -0.2) is 49.7 Å². The molecule has 1 heterocycles. The number of anilines is 2. The quantitative estimate of drug-likeness (QED) is 0.793. The maximum Gasteiger partial charge on any atom is 0.238 e. The van der Waals surface area contributed by atoms with Crippen molar-refractivity contribution in [2.45, 2.75) is 32.6 Å². The number of rotatable bonds is 6. The lowest BCUT2D eigenvalue weighted by molar-refractivity contribution is -0.117. The molecule has 1 saturated heterocycles. The second kappa shape index (κ2) is 9.41. The highest BCUT2D eigenvalue weighted by atomic mass is 35.5. The van der Waals surface area contributed by atoms with Gasteiger partial charge in [-0.1, -0.05) is 29.8 Å². The summed E-state index contributed by atoms with van der Waals surface area (Å²) in [6, 6.07) is 15.7. The standard InChI is InChI=1S/C22H28ClN3O2/c1-16-12-26(13-17(2)28-16)20-10-8-19(9-11-20)24-22(27)15-25(3)14-18-6-4-5-7-21(18)23/h4-11,16-17H,12-15H2,1-3H3,(H,24,27). The van der Waals surface area contributed by atoms with Crippen molar-refractivity contribution in [1.29, 1.82) is 0 Å². The number of nitrogens with one attached hydrogen (secondary N) is 1. The van der Waals surface area contributed by atoms with Gasteiger partial charge in [-0.3, -0.25) is 9.69 Å². The highest BCUT2D eigenvalue weighted by Crippen LogP contribution is 2.22. The zero-order chi connectivity index (χ0) is 20.1. The van der Waals surface area contributed by atoms with Crippen molar-refractivity contribution in [2.24, 2.45) is 0 Å². The molecule has 1 fully saturated rings. The van der Waals surface area contributed by atoms with E-state index in [1.165, 1.54) is 0 Å². The van der Waals surface area contributed by atoms with Crippen molar-refractivity contribution in [2.75, 3.05) is 36.9 Å². The fraction of sp³-hybridized carbons (Fsp3) is 0.409. The zero-order valence-electron chi connectivity index (χ0n) is 16.7. The van der Waals surface area contributed by atoms with Crippen LogP contribution in [0.5, 0.6) is 0 Å². The number of morpholine rings is 1. The number of likely N-dealkylation sites (N-methyl/N-ethyl adjacent to an activating group) is 1. The molecule has 1 N–H and O–H groups in total. The van der Waals surface area contributed by atoms with Crippen molar-refractivity contribution >= 4 is 28.9 Å². The summed E-state index contributed by atoms with van der Waals surface area (Å²) in [6.45, 7) is 6.86. The van der Waals surface area contributed by atoms with Crippen LogP contribution in [0.2, 0.25) is 5.02 Å². The number of carbonyl (C=O) groups excluding carboxylic acids is 1. The number of carbonyl (C=O) groups is 1. The molecule has 28 heavy (non-hydrogen) atoms. The number of halogens is 1. The second-order valence-corrected chi connectivity index (χ2v) is 7.93. The average Bonchev–Trinajstić information content (AvgIpc) is 2.63. The van der Waals surface area contributed by atoms with Crippen molar-refractivity contribution in [3.05, 3.63) is 59.1 Å². The number of amides is 1. The van der Waals surface area contributed by atoms with Crippen molar-refractivity contribution < 1.29 is 9.53 Å². The minimum Gasteiger partial charge on any atom is -0.372 e. The van der Waals surface area contributed by atoms with E-state index in [2.05, 4.69) is 24.1 Å². The number of ether oxygens (including phenoxy) is 1. The van der Waals surface area contributed by atoms with E-state index < -0.39 is 0 Å². The van der Waals surface area contributed by atoms with Crippen molar-refractivity contribution in [1.82, 2.24) is 4.90 Å².